The third-order valence-electron chi connectivity index (χ3n) is 5.71. The average Bonchev–Trinajstić information content (AvgIpc) is 2.79. The Morgan fingerprint density at radius 3 is 2.35 bits per heavy atom. The summed E-state index contributed by atoms with van der Waals surface area (Å²) in [6.07, 6.45) is 3.50. The Morgan fingerprint density at radius 1 is 1.10 bits per heavy atom. The van der Waals surface area contributed by atoms with Gasteiger partial charge in [0.2, 0.25) is 0 Å². The molecule has 6 nitrogen and oxygen atoms in total. The average molecular weight is 420 g/mol. The van der Waals surface area contributed by atoms with Crippen LogP contribution in [0, 0.1) is 12.7 Å². The molecule has 0 bridgehead atoms. The van der Waals surface area contributed by atoms with Gasteiger partial charge in [0.25, 0.3) is 5.91 Å². The summed E-state index contributed by atoms with van der Waals surface area (Å²) >= 11 is 0. The molecular formula is C24H25FN4O2. The largest absolute Gasteiger partial charge is 0.496 e. The maximum Gasteiger partial charge on any atom is 0.255 e. The molecule has 7 heteroatoms. The lowest BCUT2D eigenvalue weighted by molar-refractivity contribution is 0.0993. The number of nitrogens with two attached hydrogens (primary N) is 1. The number of methoxy groups -OCH3 is 1. The first-order valence-electron chi connectivity index (χ1n) is 10.2. The van der Waals surface area contributed by atoms with Crippen molar-refractivity contribution in [3.63, 3.8) is 0 Å². The monoisotopic (exact) mass is 420 g/mol. The Labute approximate surface area is 180 Å². The van der Waals surface area contributed by atoms with Gasteiger partial charge in [0, 0.05) is 55.4 Å². The number of hydrogen-bond donors (Lipinski definition) is 2. The van der Waals surface area contributed by atoms with Crippen LogP contribution in [0.2, 0.25) is 0 Å². The molecule has 1 aliphatic heterocycles. The number of piperazine rings is 1. The van der Waals surface area contributed by atoms with Crippen molar-refractivity contribution < 1.29 is 13.9 Å². The van der Waals surface area contributed by atoms with Crippen LogP contribution in [-0.4, -0.2) is 44.2 Å². The molecule has 0 saturated carbocycles. The Bertz CT molecular complexity index is 1110. The van der Waals surface area contributed by atoms with Gasteiger partial charge in [-0.15, -0.1) is 0 Å². The number of halogens is 1. The number of nitrogens with zero attached hydrogens (tertiary/aromatic N) is 2. The molecule has 1 amide bonds. The van der Waals surface area contributed by atoms with Gasteiger partial charge >= 0.3 is 0 Å². The van der Waals surface area contributed by atoms with Crippen molar-refractivity contribution in [2.24, 2.45) is 5.73 Å². The van der Waals surface area contributed by atoms with Crippen molar-refractivity contribution in [3.8, 4) is 28.0 Å². The van der Waals surface area contributed by atoms with Gasteiger partial charge in [0.15, 0.2) is 0 Å². The van der Waals surface area contributed by atoms with Crippen LogP contribution in [0.1, 0.15) is 15.9 Å². The maximum atomic E-state index is 14.6. The van der Waals surface area contributed by atoms with Crippen LogP contribution in [0.15, 0.2) is 48.8 Å². The number of carbonyl (C=O) groups is 1. The predicted octanol–water partition coefficient (Wildman–Crippen LogP) is 3.38. The van der Waals surface area contributed by atoms with Crippen molar-refractivity contribution in [1.29, 1.82) is 0 Å². The first-order valence-corrected chi connectivity index (χ1v) is 10.2. The number of benzene rings is 2. The van der Waals surface area contributed by atoms with Gasteiger partial charge in [-0.2, -0.15) is 0 Å². The summed E-state index contributed by atoms with van der Waals surface area (Å²) in [6, 6.07) is 11.3. The zero-order valence-corrected chi connectivity index (χ0v) is 17.6. The SMILES string of the molecule is COc1cc(-c2cncc(-c3ccc(N4CCNCC4)cc3)c2C)cc(F)c1C(N)=O. The first-order chi connectivity index (χ1) is 15.0. The number of amides is 1. The van der Waals surface area contributed by atoms with E-state index < -0.39 is 11.7 Å². The molecule has 0 unspecified atom stereocenters. The van der Waals surface area contributed by atoms with Gasteiger partial charge in [-0.25, -0.2) is 4.39 Å². The van der Waals surface area contributed by atoms with E-state index >= 15 is 0 Å². The predicted molar refractivity (Wildman–Crippen MR) is 120 cm³/mol. The first kappa shape index (κ1) is 20.8. The Morgan fingerprint density at radius 2 is 1.74 bits per heavy atom. The Kier molecular flexibility index (Phi) is 5.86. The second kappa shape index (κ2) is 8.73. The molecule has 2 aromatic carbocycles. The minimum absolute atomic E-state index is 0.104. The lowest BCUT2D eigenvalue weighted by Gasteiger charge is -2.29. The second-order valence-corrected chi connectivity index (χ2v) is 7.54. The summed E-state index contributed by atoms with van der Waals surface area (Å²) < 4.78 is 19.8. The van der Waals surface area contributed by atoms with Gasteiger partial charge in [0.05, 0.1) is 7.11 Å². The van der Waals surface area contributed by atoms with Gasteiger partial charge in [-0.1, -0.05) is 12.1 Å². The van der Waals surface area contributed by atoms with Crippen LogP contribution < -0.4 is 20.7 Å². The molecule has 0 aliphatic carbocycles. The van der Waals surface area contributed by atoms with E-state index in [1.807, 2.05) is 13.1 Å². The fourth-order valence-electron chi connectivity index (χ4n) is 4.02. The zero-order valence-electron chi connectivity index (χ0n) is 17.6. The van der Waals surface area contributed by atoms with E-state index in [2.05, 4.69) is 39.5 Å². The highest BCUT2D eigenvalue weighted by atomic mass is 19.1. The summed E-state index contributed by atoms with van der Waals surface area (Å²) in [5.74, 6) is -1.48. The summed E-state index contributed by atoms with van der Waals surface area (Å²) in [5, 5.41) is 3.36. The zero-order chi connectivity index (χ0) is 22.0. The molecule has 0 radical (unpaired) electrons. The Hall–Kier alpha value is -3.45. The number of aromatic nitrogens is 1. The molecule has 1 saturated heterocycles. The lowest BCUT2D eigenvalue weighted by atomic mass is 9.94. The Balaban J connectivity index is 1.71. The highest BCUT2D eigenvalue weighted by molar-refractivity contribution is 5.97. The van der Waals surface area contributed by atoms with Gasteiger partial charge in [-0.05, 0) is 47.9 Å². The molecule has 1 aromatic heterocycles. The molecule has 3 aromatic rings. The van der Waals surface area contributed by atoms with Crippen LogP contribution in [0.5, 0.6) is 5.75 Å². The number of pyridine rings is 1. The van der Waals surface area contributed by atoms with Crippen molar-refractivity contribution in [3.05, 3.63) is 65.7 Å². The topological polar surface area (TPSA) is 80.5 Å². The van der Waals surface area contributed by atoms with E-state index in [0.717, 1.165) is 48.4 Å². The second-order valence-electron chi connectivity index (χ2n) is 7.54. The van der Waals surface area contributed by atoms with E-state index in [-0.39, 0.29) is 11.3 Å². The normalized spacial score (nSPS) is 13.8. The number of primary amides is 1. The quantitative estimate of drug-likeness (QED) is 0.662. The molecule has 0 spiro atoms. The molecule has 2 heterocycles. The lowest BCUT2D eigenvalue weighted by Crippen LogP contribution is -2.43. The number of rotatable bonds is 5. The smallest absolute Gasteiger partial charge is 0.255 e. The van der Waals surface area contributed by atoms with Crippen LogP contribution in [0.4, 0.5) is 10.1 Å². The van der Waals surface area contributed by atoms with Crippen molar-refractivity contribution in [2.45, 2.75) is 6.92 Å². The van der Waals surface area contributed by atoms with Gasteiger partial charge < -0.3 is 20.7 Å². The molecule has 31 heavy (non-hydrogen) atoms. The van der Waals surface area contributed by atoms with Crippen molar-refractivity contribution >= 4 is 11.6 Å². The van der Waals surface area contributed by atoms with Crippen LogP contribution in [0.3, 0.4) is 0 Å². The number of anilines is 1. The number of nitrogens with one attached hydrogen (secondary N) is 1. The molecule has 3 N–H and O–H groups in total. The minimum Gasteiger partial charge on any atom is -0.496 e. The maximum absolute atomic E-state index is 14.6. The molecular weight excluding hydrogens is 395 g/mol. The molecule has 160 valence electrons. The van der Waals surface area contributed by atoms with E-state index in [0.29, 0.717) is 5.56 Å². The van der Waals surface area contributed by atoms with E-state index in [9.17, 15) is 9.18 Å². The molecule has 0 atom stereocenters. The highest BCUT2D eigenvalue weighted by Crippen LogP contribution is 2.35. The fourth-order valence-corrected chi connectivity index (χ4v) is 4.02. The number of hydrogen-bond acceptors (Lipinski definition) is 5. The third-order valence-corrected chi connectivity index (χ3v) is 5.71. The minimum atomic E-state index is -0.867. The number of ether oxygens (including phenoxy) is 1. The standard InChI is InChI=1S/C24H25FN4O2/c1-15-19(16-3-5-18(6-4-16)29-9-7-27-8-10-29)13-28-14-20(15)17-11-21(25)23(24(26)30)22(12-17)31-2/h3-6,11-14,27H,7-10H2,1-2H3,(H2,26,30). The van der Waals surface area contributed by atoms with E-state index in [4.69, 9.17) is 10.5 Å². The molecule has 4 rings (SSSR count). The molecule has 1 aliphatic rings. The van der Waals surface area contributed by atoms with Crippen molar-refractivity contribution in [1.82, 2.24) is 10.3 Å². The van der Waals surface area contributed by atoms with Gasteiger partial charge in [-0.3, -0.25) is 9.78 Å². The molecule has 1 fully saturated rings. The third kappa shape index (κ3) is 4.09. The van der Waals surface area contributed by atoms with E-state index in [1.165, 1.54) is 18.9 Å². The van der Waals surface area contributed by atoms with Gasteiger partial charge in [0.1, 0.15) is 17.1 Å². The fraction of sp³-hybridized carbons (Fsp3) is 0.250. The van der Waals surface area contributed by atoms with Crippen molar-refractivity contribution in [2.75, 3.05) is 38.2 Å². The summed E-state index contributed by atoms with van der Waals surface area (Å²) in [6.45, 7) is 5.93. The summed E-state index contributed by atoms with van der Waals surface area (Å²) in [7, 11) is 1.38. The summed E-state index contributed by atoms with van der Waals surface area (Å²) in [5.41, 5.74) is 10.5. The highest BCUT2D eigenvalue weighted by Gasteiger charge is 2.19. The van der Waals surface area contributed by atoms with E-state index in [1.54, 1.807) is 12.3 Å². The summed E-state index contributed by atoms with van der Waals surface area (Å²) in [4.78, 5) is 18.3. The van der Waals surface area contributed by atoms with Crippen LogP contribution >= 0.6 is 0 Å². The van der Waals surface area contributed by atoms with Crippen LogP contribution in [0.25, 0.3) is 22.3 Å². The number of carbonyl (C=O) groups excluding carboxylic acids is 1. The van der Waals surface area contributed by atoms with Crippen LogP contribution in [-0.2, 0) is 0 Å².